The second kappa shape index (κ2) is 8.80. The van der Waals surface area contributed by atoms with E-state index in [9.17, 15) is 4.39 Å². The summed E-state index contributed by atoms with van der Waals surface area (Å²) in [5.41, 5.74) is 0.877. The predicted octanol–water partition coefficient (Wildman–Crippen LogP) is 4.55. The highest BCUT2D eigenvalue weighted by molar-refractivity contribution is 6.31. The number of fused-ring (bicyclic) bond motifs is 1. The number of hydrogen-bond donors (Lipinski definition) is 2. The van der Waals surface area contributed by atoms with E-state index in [1.54, 1.807) is 31.4 Å². The van der Waals surface area contributed by atoms with Gasteiger partial charge in [-0.1, -0.05) is 17.7 Å². The number of ether oxygens (including phenoxy) is 2. The minimum absolute atomic E-state index is 0.0393. The maximum absolute atomic E-state index is 14.4. The van der Waals surface area contributed by atoms with Gasteiger partial charge in [0.2, 0.25) is 0 Å². The van der Waals surface area contributed by atoms with Crippen molar-refractivity contribution in [2.75, 3.05) is 32.1 Å². The maximum atomic E-state index is 14.4. The fraction of sp³-hybridized carbons (Fsp3) is 0.333. The van der Waals surface area contributed by atoms with Crippen molar-refractivity contribution < 1.29 is 13.9 Å². The lowest BCUT2D eigenvalue weighted by Crippen LogP contribution is -2.30. The molecule has 4 rings (SSSR count). The summed E-state index contributed by atoms with van der Waals surface area (Å²) in [7, 11) is 1.59. The zero-order valence-electron chi connectivity index (χ0n) is 16.0. The van der Waals surface area contributed by atoms with Crippen molar-refractivity contribution in [3.63, 3.8) is 0 Å². The van der Waals surface area contributed by atoms with Gasteiger partial charge in [0.15, 0.2) is 5.82 Å². The zero-order chi connectivity index (χ0) is 20.2. The first-order valence-corrected chi connectivity index (χ1v) is 9.92. The molecule has 1 fully saturated rings. The molecule has 0 radical (unpaired) electrons. The Balaban J connectivity index is 1.67. The molecule has 1 aliphatic heterocycles. The third kappa shape index (κ3) is 4.52. The van der Waals surface area contributed by atoms with E-state index in [1.807, 2.05) is 6.07 Å². The van der Waals surface area contributed by atoms with Gasteiger partial charge in [-0.2, -0.15) is 9.97 Å². The van der Waals surface area contributed by atoms with Gasteiger partial charge in [0.1, 0.15) is 11.6 Å². The Morgan fingerprint density at radius 3 is 2.83 bits per heavy atom. The number of halogens is 2. The first-order valence-electron chi connectivity index (χ1n) is 9.54. The molecule has 0 atom stereocenters. The van der Waals surface area contributed by atoms with Crippen LogP contribution in [0.3, 0.4) is 0 Å². The van der Waals surface area contributed by atoms with Gasteiger partial charge in [0, 0.05) is 11.5 Å². The highest BCUT2D eigenvalue weighted by Crippen LogP contribution is 2.31. The van der Waals surface area contributed by atoms with Gasteiger partial charge in [-0.15, -0.1) is 0 Å². The summed E-state index contributed by atoms with van der Waals surface area (Å²) < 4.78 is 25.6. The molecule has 0 spiro atoms. The SMILES string of the molecule is COc1ccc2c(Nc3cccc(Cl)c3F)nc(OCC3CCNCC3)nc2c1. The van der Waals surface area contributed by atoms with Crippen LogP contribution in [0.1, 0.15) is 12.8 Å². The molecule has 1 aliphatic rings. The van der Waals surface area contributed by atoms with Crippen molar-refractivity contribution >= 4 is 34.0 Å². The molecule has 2 aromatic carbocycles. The summed E-state index contributed by atoms with van der Waals surface area (Å²) in [4.78, 5) is 9.02. The highest BCUT2D eigenvalue weighted by atomic mass is 35.5. The zero-order valence-corrected chi connectivity index (χ0v) is 16.8. The van der Waals surface area contributed by atoms with Crippen molar-refractivity contribution in [3.8, 4) is 11.8 Å². The summed E-state index contributed by atoms with van der Waals surface area (Å²) in [5.74, 6) is 1.04. The maximum Gasteiger partial charge on any atom is 0.318 e. The molecule has 0 aliphatic carbocycles. The van der Waals surface area contributed by atoms with Crippen LogP contribution in [0.4, 0.5) is 15.9 Å². The summed E-state index contributed by atoms with van der Waals surface area (Å²) >= 11 is 5.91. The molecule has 152 valence electrons. The highest BCUT2D eigenvalue weighted by Gasteiger charge is 2.17. The van der Waals surface area contributed by atoms with Gasteiger partial charge in [0.05, 0.1) is 29.9 Å². The molecule has 1 saturated heterocycles. The molecule has 29 heavy (non-hydrogen) atoms. The van der Waals surface area contributed by atoms with Crippen LogP contribution >= 0.6 is 11.6 Å². The summed E-state index contributed by atoms with van der Waals surface area (Å²) in [6, 6.07) is 10.5. The Hall–Kier alpha value is -2.64. The first-order chi connectivity index (χ1) is 14.1. The molecule has 8 heteroatoms. The van der Waals surface area contributed by atoms with E-state index in [0.29, 0.717) is 29.6 Å². The first kappa shape index (κ1) is 19.7. The average molecular weight is 417 g/mol. The molecule has 0 unspecified atom stereocenters. The quantitative estimate of drug-likeness (QED) is 0.614. The van der Waals surface area contributed by atoms with Gasteiger partial charge in [-0.05, 0) is 56.1 Å². The predicted molar refractivity (Wildman–Crippen MR) is 112 cm³/mol. The molecule has 0 saturated carbocycles. The molecule has 2 heterocycles. The van der Waals surface area contributed by atoms with Crippen LogP contribution in [0.5, 0.6) is 11.8 Å². The normalized spacial score (nSPS) is 14.7. The standard InChI is InChI=1S/C21H22ClFN4O2/c1-28-14-5-6-15-18(11-14)26-21(29-12-13-7-9-24-10-8-13)27-20(15)25-17-4-2-3-16(22)19(17)23/h2-6,11,13,24H,7-10,12H2,1H3,(H,25,26,27). The number of hydrogen-bond acceptors (Lipinski definition) is 6. The Morgan fingerprint density at radius 2 is 2.03 bits per heavy atom. The van der Waals surface area contributed by atoms with Crippen LogP contribution in [0.25, 0.3) is 10.9 Å². The van der Waals surface area contributed by atoms with Crippen molar-refractivity contribution in [2.24, 2.45) is 5.92 Å². The third-order valence-corrected chi connectivity index (χ3v) is 5.29. The van der Waals surface area contributed by atoms with Gasteiger partial charge in [-0.25, -0.2) is 4.39 Å². The molecule has 1 aromatic heterocycles. The van der Waals surface area contributed by atoms with E-state index in [-0.39, 0.29) is 16.7 Å². The molecular formula is C21H22ClFN4O2. The van der Waals surface area contributed by atoms with Crippen LogP contribution in [0.2, 0.25) is 5.02 Å². The summed E-state index contributed by atoms with van der Waals surface area (Å²) in [6.45, 7) is 2.53. The summed E-state index contributed by atoms with van der Waals surface area (Å²) in [5, 5.41) is 7.13. The number of nitrogens with zero attached hydrogens (tertiary/aromatic N) is 2. The van der Waals surface area contributed by atoms with E-state index in [1.165, 1.54) is 6.07 Å². The Kier molecular flexibility index (Phi) is 5.97. The van der Waals surface area contributed by atoms with Gasteiger partial charge in [-0.3, -0.25) is 0 Å². The fourth-order valence-electron chi connectivity index (χ4n) is 3.34. The average Bonchev–Trinajstić information content (AvgIpc) is 2.75. The molecule has 0 amide bonds. The van der Waals surface area contributed by atoms with Crippen LogP contribution in [0, 0.1) is 11.7 Å². The van der Waals surface area contributed by atoms with Crippen molar-refractivity contribution in [1.82, 2.24) is 15.3 Å². The van der Waals surface area contributed by atoms with Crippen molar-refractivity contribution in [1.29, 1.82) is 0 Å². The number of anilines is 2. The van der Waals surface area contributed by atoms with Crippen LogP contribution in [-0.2, 0) is 0 Å². The number of rotatable bonds is 6. The monoisotopic (exact) mass is 416 g/mol. The number of aromatic nitrogens is 2. The van der Waals surface area contributed by atoms with E-state index < -0.39 is 5.82 Å². The number of nitrogens with one attached hydrogen (secondary N) is 2. The van der Waals surface area contributed by atoms with Crippen molar-refractivity contribution in [3.05, 3.63) is 47.2 Å². The number of methoxy groups -OCH3 is 1. The minimum atomic E-state index is -0.536. The lowest BCUT2D eigenvalue weighted by molar-refractivity contribution is 0.203. The van der Waals surface area contributed by atoms with Crippen molar-refractivity contribution in [2.45, 2.75) is 12.8 Å². The lowest BCUT2D eigenvalue weighted by Gasteiger charge is -2.22. The smallest absolute Gasteiger partial charge is 0.318 e. The third-order valence-electron chi connectivity index (χ3n) is 5.00. The van der Waals surface area contributed by atoms with E-state index in [0.717, 1.165) is 31.3 Å². The Labute approximate surface area is 173 Å². The minimum Gasteiger partial charge on any atom is -0.497 e. The molecule has 2 N–H and O–H groups in total. The molecule has 3 aromatic rings. The van der Waals surface area contributed by atoms with Crippen LogP contribution < -0.4 is 20.1 Å². The van der Waals surface area contributed by atoms with Crippen LogP contribution in [0.15, 0.2) is 36.4 Å². The van der Waals surface area contributed by atoms with Gasteiger partial charge >= 0.3 is 6.01 Å². The van der Waals surface area contributed by atoms with E-state index >= 15 is 0 Å². The molecule has 0 bridgehead atoms. The number of benzene rings is 2. The van der Waals surface area contributed by atoms with E-state index in [4.69, 9.17) is 21.1 Å². The molecule has 6 nitrogen and oxygen atoms in total. The van der Waals surface area contributed by atoms with Gasteiger partial charge in [0.25, 0.3) is 0 Å². The topological polar surface area (TPSA) is 68.3 Å². The number of piperidine rings is 1. The second-order valence-corrected chi connectivity index (χ2v) is 7.38. The molecular weight excluding hydrogens is 395 g/mol. The largest absolute Gasteiger partial charge is 0.497 e. The lowest BCUT2D eigenvalue weighted by atomic mass is 9.99. The fourth-order valence-corrected chi connectivity index (χ4v) is 3.52. The Bertz CT molecular complexity index is 1010. The van der Waals surface area contributed by atoms with Gasteiger partial charge < -0.3 is 20.1 Å². The van der Waals surface area contributed by atoms with E-state index in [2.05, 4.69) is 20.6 Å². The summed E-state index contributed by atoms with van der Waals surface area (Å²) in [6.07, 6.45) is 2.11. The second-order valence-electron chi connectivity index (χ2n) is 6.97. The van der Waals surface area contributed by atoms with Crippen LogP contribution in [-0.4, -0.2) is 36.8 Å². The Morgan fingerprint density at radius 1 is 1.21 bits per heavy atom.